The summed E-state index contributed by atoms with van der Waals surface area (Å²) >= 11 is 0. The highest BCUT2D eigenvalue weighted by Crippen LogP contribution is 2.05. The topological polar surface area (TPSA) is 90.0 Å². The van der Waals surface area contributed by atoms with Crippen molar-refractivity contribution in [2.75, 3.05) is 0 Å². The monoisotopic (exact) mass is 234 g/mol. The first-order valence-corrected chi connectivity index (χ1v) is 4.83. The lowest BCUT2D eigenvalue weighted by atomic mass is 10.3. The van der Waals surface area contributed by atoms with E-state index in [0.29, 0.717) is 11.5 Å². The standard InChI is InChI=1S/C10H10N4O3/c1-6-5-7(15)9(10(16)17)12-14(6)8-3-4-13(2)11-8/h3-5H,1-2H3,(H,16,17). The molecule has 0 aliphatic heterocycles. The zero-order valence-electron chi connectivity index (χ0n) is 9.28. The summed E-state index contributed by atoms with van der Waals surface area (Å²) in [5.74, 6) is -0.882. The molecule has 2 aromatic heterocycles. The Balaban J connectivity index is 2.66. The van der Waals surface area contributed by atoms with Crippen molar-refractivity contribution in [3.05, 3.63) is 39.9 Å². The molecule has 0 aromatic carbocycles. The smallest absolute Gasteiger partial charge is 0.360 e. The van der Waals surface area contributed by atoms with E-state index in [1.54, 1.807) is 30.9 Å². The zero-order chi connectivity index (χ0) is 12.6. The fourth-order valence-corrected chi connectivity index (χ4v) is 1.44. The van der Waals surface area contributed by atoms with Crippen molar-refractivity contribution in [2.45, 2.75) is 6.92 Å². The maximum Gasteiger partial charge on any atom is 0.360 e. The quantitative estimate of drug-likeness (QED) is 0.788. The molecule has 88 valence electrons. The lowest BCUT2D eigenvalue weighted by Crippen LogP contribution is -2.22. The van der Waals surface area contributed by atoms with Gasteiger partial charge in [0.2, 0.25) is 11.1 Å². The van der Waals surface area contributed by atoms with Crippen molar-refractivity contribution < 1.29 is 9.90 Å². The molecular formula is C10H10N4O3. The van der Waals surface area contributed by atoms with Gasteiger partial charge < -0.3 is 5.11 Å². The Kier molecular flexibility index (Phi) is 2.51. The van der Waals surface area contributed by atoms with Crippen LogP contribution in [0.3, 0.4) is 0 Å². The molecule has 1 N–H and O–H groups in total. The number of carbonyl (C=O) groups is 1. The minimum Gasteiger partial charge on any atom is -0.476 e. The van der Waals surface area contributed by atoms with Crippen LogP contribution in [0.25, 0.3) is 5.82 Å². The van der Waals surface area contributed by atoms with Gasteiger partial charge in [0.25, 0.3) is 0 Å². The Bertz CT molecular complexity index is 641. The molecule has 0 bridgehead atoms. The van der Waals surface area contributed by atoms with Gasteiger partial charge in [-0.2, -0.15) is 10.2 Å². The van der Waals surface area contributed by atoms with Crippen LogP contribution in [0, 0.1) is 6.92 Å². The largest absolute Gasteiger partial charge is 0.476 e. The Morgan fingerprint density at radius 3 is 2.65 bits per heavy atom. The molecule has 2 aromatic rings. The van der Waals surface area contributed by atoms with E-state index in [1.165, 1.54) is 10.7 Å². The van der Waals surface area contributed by atoms with E-state index in [-0.39, 0.29) is 0 Å². The summed E-state index contributed by atoms with van der Waals surface area (Å²) in [6.07, 6.45) is 1.70. The Morgan fingerprint density at radius 2 is 2.12 bits per heavy atom. The van der Waals surface area contributed by atoms with Crippen LogP contribution in [0.2, 0.25) is 0 Å². The van der Waals surface area contributed by atoms with E-state index in [0.717, 1.165) is 0 Å². The molecule has 17 heavy (non-hydrogen) atoms. The molecule has 2 heterocycles. The summed E-state index contributed by atoms with van der Waals surface area (Å²) in [6.45, 7) is 1.66. The fraction of sp³-hybridized carbons (Fsp3) is 0.200. The van der Waals surface area contributed by atoms with Crippen LogP contribution < -0.4 is 5.43 Å². The number of aromatic carboxylic acids is 1. The van der Waals surface area contributed by atoms with E-state index in [2.05, 4.69) is 10.2 Å². The maximum atomic E-state index is 11.4. The van der Waals surface area contributed by atoms with Crippen molar-refractivity contribution in [1.82, 2.24) is 19.6 Å². The first-order valence-electron chi connectivity index (χ1n) is 4.83. The summed E-state index contributed by atoms with van der Waals surface area (Å²) in [5, 5.41) is 16.7. The molecule has 0 saturated heterocycles. The van der Waals surface area contributed by atoms with Gasteiger partial charge in [-0.3, -0.25) is 9.48 Å². The predicted octanol–water partition coefficient (Wildman–Crippen LogP) is -0.0274. The average Bonchev–Trinajstić information content (AvgIpc) is 2.64. The van der Waals surface area contributed by atoms with Crippen LogP contribution in [0.15, 0.2) is 23.1 Å². The fourth-order valence-electron chi connectivity index (χ4n) is 1.44. The number of carboxylic acid groups (broad SMARTS) is 1. The van der Waals surface area contributed by atoms with Crippen LogP contribution in [0.1, 0.15) is 16.2 Å². The van der Waals surface area contributed by atoms with Gasteiger partial charge >= 0.3 is 5.97 Å². The zero-order valence-corrected chi connectivity index (χ0v) is 9.28. The van der Waals surface area contributed by atoms with Crippen molar-refractivity contribution in [3.63, 3.8) is 0 Å². The molecule has 2 rings (SSSR count). The van der Waals surface area contributed by atoms with E-state index in [9.17, 15) is 9.59 Å². The Morgan fingerprint density at radius 1 is 1.41 bits per heavy atom. The molecular weight excluding hydrogens is 224 g/mol. The highest BCUT2D eigenvalue weighted by atomic mass is 16.4. The van der Waals surface area contributed by atoms with Crippen molar-refractivity contribution in [1.29, 1.82) is 0 Å². The first-order chi connectivity index (χ1) is 7.99. The Labute approximate surface area is 95.9 Å². The van der Waals surface area contributed by atoms with Gasteiger partial charge in [-0.25, -0.2) is 9.48 Å². The van der Waals surface area contributed by atoms with E-state index in [4.69, 9.17) is 5.11 Å². The van der Waals surface area contributed by atoms with Crippen LogP contribution in [0.4, 0.5) is 0 Å². The molecule has 0 spiro atoms. The lowest BCUT2D eigenvalue weighted by molar-refractivity contribution is 0.0686. The molecule has 0 aliphatic rings. The minimum absolute atomic E-state index is 0.465. The van der Waals surface area contributed by atoms with Gasteiger partial charge in [0, 0.05) is 31.1 Å². The van der Waals surface area contributed by atoms with Crippen molar-refractivity contribution in [2.24, 2.45) is 7.05 Å². The van der Waals surface area contributed by atoms with Gasteiger partial charge in [0.15, 0.2) is 5.82 Å². The second-order valence-electron chi connectivity index (χ2n) is 3.56. The van der Waals surface area contributed by atoms with Crippen LogP contribution in [0.5, 0.6) is 0 Å². The number of aryl methyl sites for hydroxylation is 2. The third-order valence-electron chi connectivity index (χ3n) is 2.23. The summed E-state index contributed by atoms with van der Waals surface area (Å²) in [6, 6.07) is 2.90. The van der Waals surface area contributed by atoms with Crippen molar-refractivity contribution >= 4 is 5.97 Å². The number of hydrogen-bond acceptors (Lipinski definition) is 4. The first kappa shape index (κ1) is 11.1. The van der Waals surface area contributed by atoms with E-state index >= 15 is 0 Å². The highest BCUT2D eigenvalue weighted by molar-refractivity contribution is 5.84. The maximum absolute atomic E-state index is 11.4. The Hall–Kier alpha value is -2.44. The second-order valence-corrected chi connectivity index (χ2v) is 3.56. The third-order valence-corrected chi connectivity index (χ3v) is 2.23. The molecule has 0 atom stereocenters. The molecule has 0 saturated carbocycles. The highest BCUT2D eigenvalue weighted by Gasteiger charge is 2.14. The minimum atomic E-state index is -1.35. The average molecular weight is 234 g/mol. The van der Waals surface area contributed by atoms with E-state index < -0.39 is 17.1 Å². The number of carboxylic acids is 1. The van der Waals surface area contributed by atoms with Crippen LogP contribution in [-0.2, 0) is 7.05 Å². The van der Waals surface area contributed by atoms with Gasteiger partial charge in [0.1, 0.15) is 0 Å². The number of rotatable bonds is 2. The van der Waals surface area contributed by atoms with Gasteiger partial charge in [-0.1, -0.05) is 0 Å². The van der Waals surface area contributed by atoms with E-state index in [1.807, 2.05) is 0 Å². The summed E-state index contributed by atoms with van der Waals surface area (Å²) in [5.41, 5.74) is -0.595. The summed E-state index contributed by atoms with van der Waals surface area (Å²) in [4.78, 5) is 22.2. The number of hydrogen-bond donors (Lipinski definition) is 1. The molecule has 0 amide bonds. The molecule has 0 aliphatic carbocycles. The molecule has 0 unspecified atom stereocenters. The molecule has 7 nitrogen and oxygen atoms in total. The van der Waals surface area contributed by atoms with Gasteiger partial charge in [0.05, 0.1) is 0 Å². The third kappa shape index (κ3) is 1.94. The summed E-state index contributed by atoms with van der Waals surface area (Å²) in [7, 11) is 1.74. The number of aromatic nitrogens is 4. The second kappa shape index (κ2) is 3.85. The lowest BCUT2D eigenvalue weighted by Gasteiger charge is -2.06. The van der Waals surface area contributed by atoms with Crippen molar-refractivity contribution in [3.8, 4) is 5.82 Å². The van der Waals surface area contributed by atoms with Gasteiger partial charge in [-0.05, 0) is 6.92 Å². The molecule has 0 fully saturated rings. The summed E-state index contributed by atoms with van der Waals surface area (Å²) < 4.78 is 2.89. The molecule has 7 heteroatoms. The van der Waals surface area contributed by atoms with Crippen LogP contribution >= 0.6 is 0 Å². The number of nitrogens with zero attached hydrogens (tertiary/aromatic N) is 4. The normalized spacial score (nSPS) is 10.5. The molecule has 0 radical (unpaired) electrons. The SMILES string of the molecule is Cc1cc(=O)c(C(=O)O)nn1-c1ccn(C)n1. The van der Waals surface area contributed by atoms with Gasteiger partial charge in [-0.15, -0.1) is 0 Å². The predicted molar refractivity (Wildman–Crippen MR) is 58.3 cm³/mol. The van der Waals surface area contributed by atoms with Crippen LogP contribution in [-0.4, -0.2) is 30.6 Å².